The summed E-state index contributed by atoms with van der Waals surface area (Å²) in [7, 11) is 0. The predicted octanol–water partition coefficient (Wildman–Crippen LogP) is 1.88. The first-order valence-corrected chi connectivity index (χ1v) is 6.34. The van der Waals surface area contributed by atoms with E-state index < -0.39 is 5.60 Å². The molecule has 3 heteroatoms. The van der Waals surface area contributed by atoms with Crippen LogP contribution in [-0.2, 0) is 9.53 Å². The minimum absolute atomic E-state index is 0.102. The number of ether oxygens (including phenoxy) is 1. The number of rotatable bonds is 2. The van der Waals surface area contributed by atoms with Crippen molar-refractivity contribution in [2.75, 3.05) is 6.61 Å². The number of hydrogen-bond acceptors (Lipinski definition) is 3. The molecule has 0 spiro atoms. The zero-order chi connectivity index (χ0) is 11.4. The maximum absolute atomic E-state index is 10.9. The maximum Gasteiger partial charge on any atom is 0.302 e. The molecule has 4 saturated carbocycles. The SMILES string of the molecule is CC(=O)OCC12C[C@H]3C[C@@H](CC(O)(C3)C1)C2. The second-order valence-electron chi connectivity index (χ2n) is 6.47. The van der Waals surface area contributed by atoms with Gasteiger partial charge in [0.05, 0.1) is 12.2 Å². The summed E-state index contributed by atoms with van der Waals surface area (Å²) < 4.78 is 5.22. The van der Waals surface area contributed by atoms with Crippen molar-refractivity contribution in [3.63, 3.8) is 0 Å². The Labute approximate surface area is 96.2 Å². The molecule has 4 aliphatic carbocycles. The van der Waals surface area contributed by atoms with E-state index in [9.17, 15) is 9.90 Å². The molecule has 0 saturated heterocycles. The highest BCUT2D eigenvalue weighted by Gasteiger charge is 2.57. The summed E-state index contributed by atoms with van der Waals surface area (Å²) in [6.45, 7) is 1.99. The van der Waals surface area contributed by atoms with Gasteiger partial charge in [0.25, 0.3) is 0 Å². The molecule has 0 unspecified atom stereocenters. The summed E-state index contributed by atoms with van der Waals surface area (Å²) in [5.41, 5.74) is -0.339. The molecular weight excluding hydrogens is 204 g/mol. The molecule has 4 bridgehead atoms. The summed E-state index contributed by atoms with van der Waals surface area (Å²) in [5.74, 6) is 1.14. The Kier molecular flexibility index (Phi) is 2.13. The fourth-order valence-corrected chi connectivity index (χ4v) is 4.83. The molecule has 3 nitrogen and oxygen atoms in total. The van der Waals surface area contributed by atoms with Crippen LogP contribution in [0.5, 0.6) is 0 Å². The third kappa shape index (κ3) is 1.65. The van der Waals surface area contributed by atoms with Crippen LogP contribution in [0.25, 0.3) is 0 Å². The lowest BCUT2D eigenvalue weighted by Crippen LogP contribution is -2.57. The first kappa shape index (κ1) is 10.6. The Morgan fingerprint density at radius 3 is 2.44 bits per heavy atom. The molecule has 0 aromatic rings. The average molecular weight is 224 g/mol. The van der Waals surface area contributed by atoms with Gasteiger partial charge >= 0.3 is 5.97 Å². The van der Waals surface area contributed by atoms with Crippen LogP contribution in [0.4, 0.5) is 0 Å². The Morgan fingerprint density at radius 1 is 1.31 bits per heavy atom. The van der Waals surface area contributed by atoms with Crippen molar-refractivity contribution in [3.8, 4) is 0 Å². The third-order valence-corrected chi connectivity index (χ3v) is 4.73. The van der Waals surface area contributed by atoms with Crippen molar-refractivity contribution < 1.29 is 14.6 Å². The molecule has 16 heavy (non-hydrogen) atoms. The van der Waals surface area contributed by atoms with Crippen LogP contribution in [0.3, 0.4) is 0 Å². The van der Waals surface area contributed by atoms with Gasteiger partial charge in [0.2, 0.25) is 0 Å². The van der Waals surface area contributed by atoms with Gasteiger partial charge in [0.1, 0.15) is 0 Å². The molecule has 0 amide bonds. The monoisotopic (exact) mass is 224 g/mol. The van der Waals surface area contributed by atoms with E-state index in [0.29, 0.717) is 18.4 Å². The van der Waals surface area contributed by atoms with Crippen LogP contribution in [0.1, 0.15) is 45.4 Å². The van der Waals surface area contributed by atoms with E-state index in [2.05, 4.69) is 0 Å². The lowest BCUT2D eigenvalue weighted by molar-refractivity contribution is -0.185. The summed E-state index contributed by atoms with van der Waals surface area (Å²) in [4.78, 5) is 10.9. The number of aliphatic hydroxyl groups is 1. The van der Waals surface area contributed by atoms with Crippen molar-refractivity contribution in [2.45, 2.75) is 51.0 Å². The predicted molar refractivity (Wildman–Crippen MR) is 58.7 cm³/mol. The van der Waals surface area contributed by atoms with Gasteiger partial charge in [-0.05, 0) is 50.4 Å². The highest BCUT2D eigenvalue weighted by atomic mass is 16.5. The summed E-state index contributed by atoms with van der Waals surface area (Å²) in [6, 6.07) is 0. The summed E-state index contributed by atoms with van der Waals surface area (Å²) in [6.07, 6.45) is 6.39. The molecule has 4 aliphatic rings. The highest BCUT2D eigenvalue weighted by molar-refractivity contribution is 5.65. The molecule has 90 valence electrons. The van der Waals surface area contributed by atoms with E-state index in [1.165, 1.54) is 13.3 Å². The van der Waals surface area contributed by atoms with E-state index >= 15 is 0 Å². The van der Waals surface area contributed by atoms with Crippen LogP contribution in [-0.4, -0.2) is 23.3 Å². The molecule has 4 fully saturated rings. The lowest BCUT2D eigenvalue weighted by Gasteiger charge is -2.59. The first-order chi connectivity index (χ1) is 7.49. The molecule has 1 N–H and O–H groups in total. The Hall–Kier alpha value is -0.570. The maximum atomic E-state index is 10.9. The van der Waals surface area contributed by atoms with Gasteiger partial charge in [-0.25, -0.2) is 0 Å². The number of hydrogen-bond donors (Lipinski definition) is 1. The number of esters is 1. The second-order valence-corrected chi connectivity index (χ2v) is 6.47. The van der Waals surface area contributed by atoms with E-state index in [0.717, 1.165) is 32.1 Å². The summed E-state index contributed by atoms with van der Waals surface area (Å²) >= 11 is 0. The summed E-state index contributed by atoms with van der Waals surface area (Å²) in [5, 5.41) is 10.5. The van der Waals surface area contributed by atoms with Gasteiger partial charge in [0, 0.05) is 12.3 Å². The standard InChI is InChI=1S/C13H20O3/c1-9(14)16-8-12-3-10-2-11(4-12)6-13(15,5-10)7-12/h10-11,15H,2-8H2,1H3/t10-,11-,12?,13?/m1/s1. The lowest BCUT2D eigenvalue weighted by atomic mass is 9.48. The zero-order valence-corrected chi connectivity index (χ0v) is 9.87. The van der Waals surface area contributed by atoms with Crippen molar-refractivity contribution >= 4 is 5.97 Å². The van der Waals surface area contributed by atoms with Crippen molar-refractivity contribution in [1.82, 2.24) is 0 Å². The smallest absolute Gasteiger partial charge is 0.302 e. The molecule has 0 aromatic carbocycles. The Balaban J connectivity index is 1.78. The van der Waals surface area contributed by atoms with Crippen LogP contribution in [0.2, 0.25) is 0 Å². The van der Waals surface area contributed by atoms with Gasteiger partial charge in [0.15, 0.2) is 0 Å². The Morgan fingerprint density at radius 2 is 1.94 bits per heavy atom. The van der Waals surface area contributed by atoms with Crippen LogP contribution in [0.15, 0.2) is 0 Å². The highest BCUT2D eigenvalue weighted by Crippen LogP contribution is 2.61. The van der Waals surface area contributed by atoms with Crippen molar-refractivity contribution in [2.24, 2.45) is 17.3 Å². The van der Waals surface area contributed by atoms with Gasteiger partial charge in [-0.3, -0.25) is 4.79 Å². The molecule has 0 aliphatic heterocycles. The molecule has 0 radical (unpaired) electrons. The minimum Gasteiger partial charge on any atom is -0.465 e. The fraction of sp³-hybridized carbons (Fsp3) is 0.923. The first-order valence-electron chi connectivity index (χ1n) is 6.34. The van der Waals surface area contributed by atoms with E-state index in [-0.39, 0.29) is 11.4 Å². The zero-order valence-electron chi connectivity index (χ0n) is 9.87. The van der Waals surface area contributed by atoms with Crippen molar-refractivity contribution in [1.29, 1.82) is 0 Å². The number of carbonyl (C=O) groups excluding carboxylic acids is 1. The third-order valence-electron chi connectivity index (χ3n) is 4.73. The molecule has 0 aromatic heterocycles. The largest absolute Gasteiger partial charge is 0.465 e. The second kappa shape index (κ2) is 3.22. The average Bonchev–Trinajstić information content (AvgIpc) is 2.10. The number of carbonyl (C=O) groups is 1. The van der Waals surface area contributed by atoms with E-state index in [1.807, 2.05) is 0 Å². The van der Waals surface area contributed by atoms with Gasteiger partial charge < -0.3 is 9.84 Å². The molecule has 0 heterocycles. The topological polar surface area (TPSA) is 46.5 Å². The Bertz CT molecular complexity index is 309. The normalized spacial score (nSPS) is 49.4. The van der Waals surface area contributed by atoms with Gasteiger partial charge in [-0.2, -0.15) is 0 Å². The quantitative estimate of drug-likeness (QED) is 0.728. The molecule has 4 rings (SSSR count). The van der Waals surface area contributed by atoms with Crippen molar-refractivity contribution in [3.05, 3.63) is 0 Å². The van der Waals surface area contributed by atoms with E-state index in [4.69, 9.17) is 4.74 Å². The fourth-order valence-electron chi connectivity index (χ4n) is 4.83. The van der Waals surface area contributed by atoms with E-state index in [1.54, 1.807) is 0 Å². The van der Waals surface area contributed by atoms with Gasteiger partial charge in [-0.15, -0.1) is 0 Å². The van der Waals surface area contributed by atoms with Gasteiger partial charge in [-0.1, -0.05) is 0 Å². The van der Waals surface area contributed by atoms with Crippen LogP contribution >= 0.6 is 0 Å². The molecule has 2 atom stereocenters. The van der Waals surface area contributed by atoms with Crippen LogP contribution in [0, 0.1) is 17.3 Å². The minimum atomic E-state index is -0.440. The van der Waals surface area contributed by atoms with Crippen LogP contribution < -0.4 is 0 Å². The molecular formula is C13H20O3.